The fourth-order valence-corrected chi connectivity index (χ4v) is 5.59. The number of amides is 2. The summed E-state index contributed by atoms with van der Waals surface area (Å²) in [7, 11) is 0. The Morgan fingerprint density at radius 2 is 1.84 bits per heavy atom. The lowest BCUT2D eigenvalue weighted by atomic mass is 10.0. The molecule has 0 saturated carbocycles. The fraction of sp³-hybridized carbons (Fsp3) is 0.321. The van der Waals surface area contributed by atoms with Gasteiger partial charge in [-0.2, -0.15) is 5.10 Å². The van der Waals surface area contributed by atoms with Crippen LogP contribution in [0, 0.1) is 5.82 Å². The van der Waals surface area contributed by atoms with Crippen molar-refractivity contribution in [3.8, 4) is 0 Å². The highest BCUT2D eigenvalue weighted by atomic mass is 35.5. The number of benzene rings is 2. The summed E-state index contributed by atoms with van der Waals surface area (Å²) in [5.74, 6) is -0.964. The predicted molar refractivity (Wildman–Crippen MR) is 146 cm³/mol. The van der Waals surface area contributed by atoms with E-state index in [9.17, 15) is 14.0 Å². The summed E-state index contributed by atoms with van der Waals surface area (Å²) >= 11 is 7.90. The van der Waals surface area contributed by atoms with Gasteiger partial charge in [0.15, 0.2) is 0 Å². The molecule has 0 radical (unpaired) electrons. The maximum Gasteiger partial charge on any atom is 0.262 e. The molecule has 2 aliphatic heterocycles. The summed E-state index contributed by atoms with van der Waals surface area (Å²) in [6, 6.07) is 16.5. The van der Waals surface area contributed by atoms with E-state index in [-0.39, 0.29) is 24.2 Å². The Balaban J connectivity index is 1.40. The molecule has 1 unspecified atom stereocenters. The summed E-state index contributed by atoms with van der Waals surface area (Å²) in [5, 5.41) is 8.44. The summed E-state index contributed by atoms with van der Waals surface area (Å²) in [5.41, 5.74) is 1.93. The van der Waals surface area contributed by atoms with Gasteiger partial charge in [0.1, 0.15) is 12.4 Å². The molecule has 2 aliphatic rings. The molecule has 7 nitrogen and oxygen atoms in total. The van der Waals surface area contributed by atoms with E-state index in [1.807, 2.05) is 17.5 Å². The normalized spacial score (nSPS) is 17.9. The van der Waals surface area contributed by atoms with Crippen molar-refractivity contribution < 1.29 is 18.7 Å². The SMILES string of the molecule is O=C(c1ccccc1Cl)N(CCN1CCOCC1)CC(=O)N1N=C(c2cccs2)CC1c1ccc(F)cc1. The van der Waals surface area contributed by atoms with E-state index in [4.69, 9.17) is 16.3 Å². The van der Waals surface area contributed by atoms with Crippen molar-refractivity contribution in [1.82, 2.24) is 14.8 Å². The minimum atomic E-state index is -0.392. The van der Waals surface area contributed by atoms with Gasteiger partial charge in [0, 0.05) is 32.6 Å². The van der Waals surface area contributed by atoms with Gasteiger partial charge >= 0.3 is 0 Å². The lowest BCUT2D eigenvalue weighted by molar-refractivity contribution is -0.133. The molecule has 2 aromatic carbocycles. The number of ether oxygens (including phenoxy) is 1. The zero-order valence-corrected chi connectivity index (χ0v) is 22.3. The molecule has 0 aliphatic carbocycles. The molecule has 0 bridgehead atoms. The van der Waals surface area contributed by atoms with Crippen LogP contribution >= 0.6 is 22.9 Å². The Kier molecular flexibility index (Phi) is 8.48. The highest BCUT2D eigenvalue weighted by Gasteiger charge is 2.35. The van der Waals surface area contributed by atoms with Crippen molar-refractivity contribution in [1.29, 1.82) is 0 Å². The van der Waals surface area contributed by atoms with Crippen LogP contribution in [0.2, 0.25) is 5.02 Å². The molecule has 0 spiro atoms. The number of halogens is 2. The monoisotopic (exact) mass is 554 g/mol. The van der Waals surface area contributed by atoms with Crippen LogP contribution in [-0.2, 0) is 9.53 Å². The number of nitrogens with zero attached hydrogens (tertiary/aromatic N) is 4. The van der Waals surface area contributed by atoms with Crippen molar-refractivity contribution in [3.63, 3.8) is 0 Å². The van der Waals surface area contributed by atoms with Crippen LogP contribution < -0.4 is 0 Å². The van der Waals surface area contributed by atoms with E-state index in [0.717, 1.165) is 29.2 Å². The van der Waals surface area contributed by atoms with Crippen LogP contribution in [0.3, 0.4) is 0 Å². The van der Waals surface area contributed by atoms with Gasteiger partial charge < -0.3 is 9.64 Å². The average molecular weight is 555 g/mol. The highest BCUT2D eigenvalue weighted by Crippen LogP contribution is 2.34. The van der Waals surface area contributed by atoms with E-state index < -0.39 is 6.04 Å². The first kappa shape index (κ1) is 26.5. The van der Waals surface area contributed by atoms with Crippen LogP contribution in [0.1, 0.15) is 33.3 Å². The Morgan fingerprint density at radius 1 is 1.08 bits per heavy atom. The molecule has 1 fully saturated rings. The average Bonchev–Trinajstić information content (AvgIpc) is 3.63. The predicted octanol–water partition coefficient (Wildman–Crippen LogP) is 4.69. The molecule has 10 heteroatoms. The lowest BCUT2D eigenvalue weighted by Gasteiger charge is -2.31. The minimum Gasteiger partial charge on any atom is -0.379 e. The zero-order valence-electron chi connectivity index (χ0n) is 20.8. The second-order valence-electron chi connectivity index (χ2n) is 9.19. The van der Waals surface area contributed by atoms with E-state index in [1.165, 1.54) is 17.1 Å². The van der Waals surface area contributed by atoms with Crippen molar-refractivity contribution in [2.75, 3.05) is 45.9 Å². The van der Waals surface area contributed by atoms with Gasteiger partial charge in [-0.1, -0.05) is 41.9 Å². The van der Waals surface area contributed by atoms with Gasteiger partial charge in [0.2, 0.25) is 0 Å². The molecule has 198 valence electrons. The summed E-state index contributed by atoms with van der Waals surface area (Å²) in [4.78, 5) is 32.1. The first-order valence-electron chi connectivity index (χ1n) is 12.5. The van der Waals surface area contributed by atoms with Gasteiger partial charge in [-0.05, 0) is 41.3 Å². The van der Waals surface area contributed by atoms with E-state index in [0.29, 0.717) is 43.3 Å². The van der Waals surface area contributed by atoms with Gasteiger partial charge in [-0.25, -0.2) is 9.40 Å². The quantitative estimate of drug-likeness (QED) is 0.405. The van der Waals surface area contributed by atoms with Crippen LogP contribution in [0.5, 0.6) is 0 Å². The number of rotatable bonds is 8. The summed E-state index contributed by atoms with van der Waals surface area (Å²) in [6.07, 6.45) is 0.504. The molecule has 3 aromatic rings. The minimum absolute atomic E-state index is 0.159. The third-order valence-electron chi connectivity index (χ3n) is 6.73. The standard InChI is InChI=1S/C28H28ClFN4O3S/c29-23-5-2-1-4-22(23)28(36)33(12-11-32-13-15-37-16-14-32)19-27(35)34-25(20-7-9-21(30)10-8-20)18-24(31-34)26-6-3-17-38-26/h1-10,17,25H,11-16,18-19H2. The van der Waals surface area contributed by atoms with Gasteiger partial charge in [0.25, 0.3) is 11.8 Å². The molecule has 0 N–H and O–H groups in total. The molecule has 38 heavy (non-hydrogen) atoms. The first-order valence-corrected chi connectivity index (χ1v) is 13.8. The van der Waals surface area contributed by atoms with Crippen molar-refractivity contribution >= 4 is 40.5 Å². The van der Waals surface area contributed by atoms with Gasteiger partial charge in [-0.3, -0.25) is 14.5 Å². The molecule has 1 saturated heterocycles. The number of carbonyl (C=O) groups is 2. The Labute approximate surface area is 230 Å². The smallest absolute Gasteiger partial charge is 0.262 e. The number of hydrogen-bond donors (Lipinski definition) is 0. The summed E-state index contributed by atoms with van der Waals surface area (Å²) < 4.78 is 19.1. The maximum atomic E-state index is 13.8. The lowest BCUT2D eigenvalue weighted by Crippen LogP contribution is -2.46. The molecule has 2 amide bonds. The topological polar surface area (TPSA) is 65.5 Å². The zero-order chi connectivity index (χ0) is 26.5. The molecule has 1 atom stereocenters. The molecule has 1 aromatic heterocycles. The third-order valence-corrected chi connectivity index (χ3v) is 7.98. The van der Waals surface area contributed by atoms with E-state index in [1.54, 1.807) is 52.6 Å². The van der Waals surface area contributed by atoms with Gasteiger partial charge in [0.05, 0.1) is 40.4 Å². The number of hydrogen-bond acceptors (Lipinski definition) is 6. The van der Waals surface area contributed by atoms with Crippen LogP contribution in [0.25, 0.3) is 0 Å². The molecule has 3 heterocycles. The van der Waals surface area contributed by atoms with Crippen molar-refractivity contribution in [3.05, 3.63) is 92.9 Å². The number of thiophene rings is 1. The number of carbonyl (C=O) groups excluding carboxylic acids is 2. The highest BCUT2D eigenvalue weighted by molar-refractivity contribution is 7.12. The molecular formula is C28H28ClFN4O3S. The molecule has 5 rings (SSSR count). The number of morpholine rings is 1. The van der Waals surface area contributed by atoms with Crippen LogP contribution in [-0.4, -0.2) is 78.3 Å². The second kappa shape index (κ2) is 12.2. The van der Waals surface area contributed by atoms with Crippen LogP contribution in [0.15, 0.2) is 71.1 Å². The first-order chi connectivity index (χ1) is 18.5. The second-order valence-corrected chi connectivity index (χ2v) is 10.5. The van der Waals surface area contributed by atoms with Crippen LogP contribution in [0.4, 0.5) is 4.39 Å². The molecular weight excluding hydrogens is 527 g/mol. The maximum absolute atomic E-state index is 13.8. The fourth-order valence-electron chi connectivity index (χ4n) is 4.66. The van der Waals surface area contributed by atoms with Gasteiger partial charge in [-0.15, -0.1) is 11.3 Å². The Hall–Kier alpha value is -3.11. The van der Waals surface area contributed by atoms with E-state index in [2.05, 4.69) is 10.0 Å². The Morgan fingerprint density at radius 3 is 2.55 bits per heavy atom. The van der Waals surface area contributed by atoms with Crippen molar-refractivity contribution in [2.45, 2.75) is 12.5 Å². The third kappa shape index (κ3) is 6.13. The van der Waals surface area contributed by atoms with Crippen molar-refractivity contribution in [2.24, 2.45) is 5.10 Å². The number of hydrazone groups is 1. The van der Waals surface area contributed by atoms with E-state index >= 15 is 0 Å². The Bertz CT molecular complexity index is 1300. The largest absolute Gasteiger partial charge is 0.379 e. The summed E-state index contributed by atoms with van der Waals surface area (Å²) in [6.45, 7) is 3.64.